The highest BCUT2D eigenvalue weighted by molar-refractivity contribution is 5.98. The van der Waals surface area contributed by atoms with Crippen molar-refractivity contribution in [3.8, 4) is 0 Å². The van der Waals surface area contributed by atoms with Crippen molar-refractivity contribution < 1.29 is 4.79 Å². The molecular weight excluding hydrogens is 128 g/mol. The molecule has 3 nitrogen and oxygen atoms in total. The summed E-state index contributed by atoms with van der Waals surface area (Å²) < 4.78 is 0. The summed E-state index contributed by atoms with van der Waals surface area (Å²) in [6, 6.07) is 0. The fraction of sp³-hybridized carbons (Fsp3) is 0.714. The van der Waals surface area contributed by atoms with Crippen LogP contribution in [0.4, 0.5) is 0 Å². The van der Waals surface area contributed by atoms with Crippen molar-refractivity contribution >= 4 is 11.6 Å². The van der Waals surface area contributed by atoms with Gasteiger partial charge in [-0.05, 0) is 12.3 Å². The minimum Gasteiger partial charge on any atom is -0.369 e. The van der Waals surface area contributed by atoms with Crippen LogP contribution in [-0.2, 0) is 4.79 Å². The van der Waals surface area contributed by atoms with E-state index in [4.69, 9.17) is 11.1 Å². The Morgan fingerprint density at radius 2 is 2.10 bits per heavy atom. The molecule has 0 radical (unpaired) electrons. The van der Waals surface area contributed by atoms with Gasteiger partial charge in [0.15, 0.2) is 0 Å². The van der Waals surface area contributed by atoms with Gasteiger partial charge >= 0.3 is 0 Å². The van der Waals surface area contributed by atoms with Crippen molar-refractivity contribution in [3.63, 3.8) is 0 Å². The van der Waals surface area contributed by atoms with E-state index in [1.807, 2.05) is 13.8 Å². The van der Waals surface area contributed by atoms with Gasteiger partial charge in [-0.15, -0.1) is 0 Å². The van der Waals surface area contributed by atoms with Crippen LogP contribution in [0.25, 0.3) is 0 Å². The van der Waals surface area contributed by atoms with Crippen molar-refractivity contribution in [1.29, 1.82) is 5.41 Å². The fourth-order valence-electron chi connectivity index (χ4n) is 0.775. The lowest BCUT2D eigenvalue weighted by Crippen LogP contribution is -2.16. The van der Waals surface area contributed by atoms with Crippen LogP contribution in [0.3, 0.4) is 0 Å². The van der Waals surface area contributed by atoms with Crippen molar-refractivity contribution in [2.75, 3.05) is 0 Å². The molecule has 58 valence electrons. The number of nitrogens with one attached hydrogen (secondary N) is 1. The summed E-state index contributed by atoms with van der Waals surface area (Å²) >= 11 is 0. The predicted molar refractivity (Wildman–Crippen MR) is 41.0 cm³/mol. The van der Waals surface area contributed by atoms with Gasteiger partial charge in [0.25, 0.3) is 0 Å². The number of carbonyl (C=O) groups is 1. The third-order valence-electron chi connectivity index (χ3n) is 1.04. The lowest BCUT2D eigenvalue weighted by atomic mass is 10.0. The molecule has 0 fully saturated rings. The molecule has 0 aromatic heterocycles. The van der Waals surface area contributed by atoms with Crippen molar-refractivity contribution in [1.82, 2.24) is 0 Å². The van der Waals surface area contributed by atoms with Crippen LogP contribution in [0.1, 0.15) is 26.7 Å². The fourth-order valence-corrected chi connectivity index (χ4v) is 0.775. The van der Waals surface area contributed by atoms with E-state index in [2.05, 4.69) is 0 Å². The maximum absolute atomic E-state index is 10.3. The van der Waals surface area contributed by atoms with Crippen LogP contribution in [-0.4, -0.2) is 11.6 Å². The summed E-state index contributed by atoms with van der Waals surface area (Å²) in [5, 5.41) is 7.25. The maximum Gasteiger partial charge on any atom is 0.223 e. The van der Waals surface area contributed by atoms with E-state index in [-0.39, 0.29) is 6.42 Å². The van der Waals surface area contributed by atoms with Gasteiger partial charge in [0, 0.05) is 5.71 Å². The second-order valence-corrected chi connectivity index (χ2v) is 2.84. The number of amides is 1. The highest BCUT2D eigenvalue weighted by Crippen LogP contribution is 2.01. The number of carbonyl (C=O) groups excluding carboxylic acids is 1. The molecule has 0 saturated carbocycles. The average Bonchev–Trinajstić information content (AvgIpc) is 1.58. The molecule has 3 heteroatoms. The first-order valence-corrected chi connectivity index (χ1v) is 3.37. The summed E-state index contributed by atoms with van der Waals surface area (Å²) in [6.45, 7) is 4.02. The van der Waals surface area contributed by atoms with Crippen LogP contribution in [0.2, 0.25) is 0 Å². The minimum absolute atomic E-state index is 0.109. The molecule has 0 spiro atoms. The minimum atomic E-state index is -0.411. The van der Waals surface area contributed by atoms with E-state index in [1.165, 1.54) is 0 Å². The topological polar surface area (TPSA) is 66.9 Å². The normalized spacial score (nSPS) is 9.90. The van der Waals surface area contributed by atoms with Crippen molar-refractivity contribution in [3.05, 3.63) is 0 Å². The molecule has 0 aliphatic heterocycles. The van der Waals surface area contributed by atoms with Gasteiger partial charge in [-0.25, -0.2) is 0 Å². The maximum atomic E-state index is 10.3. The van der Waals surface area contributed by atoms with E-state index >= 15 is 0 Å². The third kappa shape index (κ3) is 5.28. The summed E-state index contributed by atoms with van der Waals surface area (Å²) in [7, 11) is 0. The highest BCUT2D eigenvalue weighted by Gasteiger charge is 2.03. The molecule has 0 unspecified atom stereocenters. The van der Waals surface area contributed by atoms with Crippen LogP contribution < -0.4 is 5.73 Å². The van der Waals surface area contributed by atoms with Gasteiger partial charge < -0.3 is 11.1 Å². The second-order valence-electron chi connectivity index (χ2n) is 2.84. The number of hydrogen-bond acceptors (Lipinski definition) is 2. The summed E-state index contributed by atoms with van der Waals surface area (Å²) in [6.07, 6.45) is 0.779. The Balaban J connectivity index is 3.54. The van der Waals surface area contributed by atoms with Crippen LogP contribution >= 0.6 is 0 Å². The van der Waals surface area contributed by atoms with E-state index in [1.54, 1.807) is 0 Å². The summed E-state index contributed by atoms with van der Waals surface area (Å²) in [4.78, 5) is 10.3. The Kier molecular flexibility index (Phi) is 3.69. The number of primary amides is 1. The molecule has 0 saturated heterocycles. The SMILES string of the molecule is CC(C)CC(=N)CC(N)=O. The Labute approximate surface area is 61.1 Å². The monoisotopic (exact) mass is 142 g/mol. The molecule has 0 heterocycles. The largest absolute Gasteiger partial charge is 0.369 e. The van der Waals surface area contributed by atoms with Gasteiger partial charge in [-0.2, -0.15) is 0 Å². The number of hydrogen-bond donors (Lipinski definition) is 2. The van der Waals surface area contributed by atoms with E-state index in [0.29, 0.717) is 18.1 Å². The molecule has 0 bridgehead atoms. The molecular formula is C7H14N2O. The van der Waals surface area contributed by atoms with E-state index in [9.17, 15) is 4.79 Å². The van der Waals surface area contributed by atoms with Gasteiger partial charge in [0.1, 0.15) is 0 Å². The summed E-state index contributed by atoms with van der Waals surface area (Å²) in [5.74, 6) is 0.0255. The van der Waals surface area contributed by atoms with Gasteiger partial charge in [-0.1, -0.05) is 13.8 Å². The molecule has 10 heavy (non-hydrogen) atoms. The Morgan fingerprint density at radius 1 is 1.60 bits per heavy atom. The van der Waals surface area contributed by atoms with Crippen LogP contribution in [0, 0.1) is 11.3 Å². The second kappa shape index (κ2) is 4.04. The molecule has 0 aromatic rings. The molecule has 0 aliphatic rings. The van der Waals surface area contributed by atoms with Crippen LogP contribution in [0.15, 0.2) is 0 Å². The lowest BCUT2D eigenvalue weighted by molar-refractivity contribution is -0.116. The molecule has 0 rings (SSSR count). The van der Waals surface area contributed by atoms with E-state index < -0.39 is 5.91 Å². The third-order valence-corrected chi connectivity index (χ3v) is 1.04. The zero-order valence-corrected chi connectivity index (χ0v) is 6.48. The average molecular weight is 142 g/mol. The van der Waals surface area contributed by atoms with Gasteiger partial charge in [-0.3, -0.25) is 4.79 Å². The molecule has 3 N–H and O–H groups in total. The molecule has 0 aliphatic carbocycles. The highest BCUT2D eigenvalue weighted by atomic mass is 16.1. The lowest BCUT2D eigenvalue weighted by Gasteiger charge is -2.03. The smallest absolute Gasteiger partial charge is 0.223 e. The predicted octanol–water partition coefficient (Wildman–Crippen LogP) is 0.928. The van der Waals surface area contributed by atoms with E-state index in [0.717, 1.165) is 0 Å². The Hall–Kier alpha value is -0.860. The Bertz CT molecular complexity index is 141. The van der Waals surface area contributed by atoms with Crippen molar-refractivity contribution in [2.45, 2.75) is 26.7 Å². The number of nitrogens with two attached hydrogens (primary N) is 1. The van der Waals surface area contributed by atoms with Gasteiger partial charge in [0.2, 0.25) is 5.91 Å². The standard InChI is InChI=1S/C7H14N2O/c1-5(2)3-6(8)4-7(9)10/h5,8H,3-4H2,1-2H3,(H2,9,10). The molecule has 0 atom stereocenters. The van der Waals surface area contributed by atoms with Crippen molar-refractivity contribution in [2.24, 2.45) is 11.7 Å². The zero-order valence-electron chi connectivity index (χ0n) is 6.48. The summed E-state index contributed by atoms with van der Waals surface area (Å²) in [5.41, 5.74) is 5.32. The van der Waals surface area contributed by atoms with Crippen LogP contribution in [0.5, 0.6) is 0 Å². The Morgan fingerprint density at radius 3 is 2.40 bits per heavy atom. The zero-order chi connectivity index (χ0) is 8.15. The quantitative estimate of drug-likeness (QED) is 0.563. The number of rotatable bonds is 4. The molecule has 0 aromatic carbocycles. The van der Waals surface area contributed by atoms with Gasteiger partial charge in [0.05, 0.1) is 6.42 Å². The first-order chi connectivity index (χ1) is 4.52. The first-order valence-electron chi connectivity index (χ1n) is 3.37. The first kappa shape index (κ1) is 9.14. The molecule has 1 amide bonds.